The number of carbonyl (C=O) groups is 1. The van der Waals surface area contributed by atoms with Crippen LogP contribution in [0.2, 0.25) is 0 Å². The van der Waals surface area contributed by atoms with Crippen LogP contribution >= 0.6 is 7.82 Å². The summed E-state index contributed by atoms with van der Waals surface area (Å²) in [5, 5.41) is 24.1. The van der Waals surface area contributed by atoms with E-state index < -0.39 is 38.6 Å². The van der Waals surface area contributed by atoms with Crippen molar-refractivity contribution < 1.29 is 33.5 Å². The molecule has 59 heavy (non-hydrogen) atoms. The lowest BCUT2D eigenvalue weighted by Crippen LogP contribution is -2.46. The number of aliphatic hydroxyl groups is 2. The van der Waals surface area contributed by atoms with E-state index in [1.807, 2.05) is 6.08 Å². The molecular weight excluding hydrogens is 760 g/mol. The van der Waals surface area contributed by atoms with E-state index in [-0.39, 0.29) is 19.6 Å². The first-order valence-corrected chi connectivity index (χ1v) is 26.5. The second-order valence-corrected chi connectivity index (χ2v) is 18.7. The molecule has 6 N–H and O–H groups in total. The van der Waals surface area contributed by atoms with Gasteiger partial charge in [-0.2, -0.15) is 0 Å². The summed E-state index contributed by atoms with van der Waals surface area (Å²) < 4.78 is 22.1. The molecule has 0 heterocycles. The summed E-state index contributed by atoms with van der Waals surface area (Å²) in [6.45, 7) is 4.00. The van der Waals surface area contributed by atoms with Crippen molar-refractivity contribution in [3.05, 3.63) is 24.3 Å². The third-order valence-electron chi connectivity index (χ3n) is 11.3. The van der Waals surface area contributed by atoms with Crippen LogP contribution in [0.4, 0.5) is 0 Å². The second kappa shape index (κ2) is 45.0. The number of nitrogens with two attached hydrogens (primary N) is 1. The number of hydrogen-bond donors (Lipinski definition) is 5. The number of hydrogen-bond acceptors (Lipinski definition) is 7. The van der Waals surface area contributed by atoms with Crippen molar-refractivity contribution >= 4 is 13.7 Å². The number of rotatable bonds is 47. The normalized spacial score (nSPS) is 14.6. The van der Waals surface area contributed by atoms with Gasteiger partial charge in [-0.25, -0.2) is 4.57 Å². The van der Waals surface area contributed by atoms with E-state index in [1.54, 1.807) is 6.08 Å². The largest absolute Gasteiger partial charge is 0.472 e. The van der Waals surface area contributed by atoms with E-state index in [0.717, 1.165) is 51.4 Å². The molecule has 0 rings (SSSR count). The number of nitrogens with one attached hydrogen (secondary N) is 1. The molecule has 0 bridgehead atoms. The molecule has 0 aromatic heterocycles. The average molecular weight is 857 g/mol. The van der Waals surface area contributed by atoms with Crippen LogP contribution in [0, 0.1) is 0 Å². The molecule has 0 aliphatic heterocycles. The number of phosphoric acid groups is 1. The van der Waals surface area contributed by atoms with Crippen molar-refractivity contribution in [2.24, 2.45) is 5.73 Å². The number of carbonyl (C=O) groups excluding carboxylic acids is 1. The van der Waals surface area contributed by atoms with Gasteiger partial charge in [0.15, 0.2) is 0 Å². The molecule has 9 nitrogen and oxygen atoms in total. The maximum absolute atomic E-state index is 12.9. The van der Waals surface area contributed by atoms with Crippen LogP contribution in [0.3, 0.4) is 0 Å². The highest BCUT2D eigenvalue weighted by Gasteiger charge is 2.27. The Balaban J connectivity index is 4.21. The van der Waals surface area contributed by atoms with E-state index in [9.17, 15) is 24.5 Å². The van der Waals surface area contributed by atoms with Crippen LogP contribution in [-0.4, -0.2) is 59.0 Å². The Bertz CT molecular complexity index is 997. The molecule has 0 aliphatic rings. The molecule has 0 saturated carbocycles. The van der Waals surface area contributed by atoms with Crippen molar-refractivity contribution in [1.29, 1.82) is 0 Å². The first kappa shape index (κ1) is 57.9. The van der Waals surface area contributed by atoms with Gasteiger partial charge < -0.3 is 26.2 Å². The zero-order chi connectivity index (χ0) is 43.3. The molecular formula is C49H97N2O7P. The molecule has 350 valence electrons. The minimum Gasteiger partial charge on any atom is -0.393 e. The van der Waals surface area contributed by atoms with Crippen molar-refractivity contribution in [3.63, 3.8) is 0 Å². The molecule has 0 aromatic rings. The van der Waals surface area contributed by atoms with E-state index >= 15 is 0 Å². The van der Waals surface area contributed by atoms with Gasteiger partial charge in [-0.15, -0.1) is 0 Å². The van der Waals surface area contributed by atoms with Crippen molar-refractivity contribution in [2.45, 2.75) is 263 Å². The topological polar surface area (TPSA) is 151 Å². The highest BCUT2D eigenvalue weighted by atomic mass is 31.2. The molecule has 0 aliphatic carbocycles. The van der Waals surface area contributed by atoms with Crippen LogP contribution in [0.5, 0.6) is 0 Å². The molecule has 0 saturated heterocycles. The zero-order valence-electron chi connectivity index (χ0n) is 38.6. The van der Waals surface area contributed by atoms with E-state index in [1.165, 1.54) is 167 Å². The number of amides is 1. The molecule has 0 aromatic carbocycles. The molecule has 0 fully saturated rings. The van der Waals surface area contributed by atoms with Gasteiger partial charge in [-0.05, 0) is 44.9 Å². The van der Waals surface area contributed by atoms with E-state index in [4.69, 9.17) is 14.8 Å². The second-order valence-electron chi connectivity index (χ2n) is 17.2. The fourth-order valence-corrected chi connectivity index (χ4v) is 8.28. The first-order valence-electron chi connectivity index (χ1n) is 25.0. The minimum atomic E-state index is -4.40. The minimum absolute atomic E-state index is 0.0491. The van der Waals surface area contributed by atoms with Crippen LogP contribution < -0.4 is 11.1 Å². The van der Waals surface area contributed by atoms with Crippen LogP contribution in [0.15, 0.2) is 24.3 Å². The summed E-state index contributed by atoms with van der Waals surface area (Å²) in [4.78, 5) is 22.8. The zero-order valence-corrected chi connectivity index (χ0v) is 39.5. The number of unbranched alkanes of at least 4 members (excludes halogenated alkanes) is 31. The Labute approximate surface area is 364 Å². The summed E-state index contributed by atoms with van der Waals surface area (Å²) in [6, 6.07) is -0.984. The van der Waals surface area contributed by atoms with Crippen molar-refractivity contribution in [1.82, 2.24) is 5.32 Å². The summed E-state index contributed by atoms with van der Waals surface area (Å²) in [6.07, 6.45) is 49.8. The molecule has 4 atom stereocenters. The smallest absolute Gasteiger partial charge is 0.393 e. The van der Waals surface area contributed by atoms with Gasteiger partial charge in [-0.3, -0.25) is 13.8 Å². The highest BCUT2D eigenvalue weighted by Crippen LogP contribution is 2.43. The lowest BCUT2D eigenvalue weighted by Gasteiger charge is -2.24. The van der Waals surface area contributed by atoms with Crippen LogP contribution in [0.1, 0.15) is 245 Å². The van der Waals surface area contributed by atoms with Crippen LogP contribution in [0.25, 0.3) is 0 Å². The SMILES string of the molecule is CCCCCCCCCCCCC/C=C\CCCCCCCC(O)CC(=O)NC(COP(=O)(O)OCCN)C(O)/C=C/CCCCCCCCCCCCCCCCC. The van der Waals surface area contributed by atoms with Gasteiger partial charge in [0.05, 0.1) is 37.9 Å². The summed E-state index contributed by atoms with van der Waals surface area (Å²) in [7, 11) is -4.40. The molecule has 0 radical (unpaired) electrons. The quantitative estimate of drug-likeness (QED) is 0.0230. The van der Waals surface area contributed by atoms with Crippen LogP contribution in [-0.2, 0) is 18.4 Å². The maximum Gasteiger partial charge on any atom is 0.472 e. The lowest BCUT2D eigenvalue weighted by atomic mass is 10.0. The Kier molecular flexibility index (Phi) is 44.2. The van der Waals surface area contributed by atoms with E-state index in [2.05, 4.69) is 31.3 Å². The average Bonchev–Trinajstić information content (AvgIpc) is 3.21. The lowest BCUT2D eigenvalue weighted by molar-refractivity contribution is -0.124. The number of aliphatic hydroxyl groups excluding tert-OH is 2. The Morgan fingerprint density at radius 2 is 0.949 bits per heavy atom. The van der Waals surface area contributed by atoms with Gasteiger partial charge >= 0.3 is 7.82 Å². The van der Waals surface area contributed by atoms with Crippen molar-refractivity contribution in [3.8, 4) is 0 Å². The Morgan fingerprint density at radius 1 is 0.576 bits per heavy atom. The van der Waals surface area contributed by atoms with E-state index in [0.29, 0.717) is 6.42 Å². The monoisotopic (exact) mass is 857 g/mol. The summed E-state index contributed by atoms with van der Waals surface area (Å²) >= 11 is 0. The number of allylic oxidation sites excluding steroid dienone is 3. The number of phosphoric ester groups is 1. The Hall–Kier alpha value is -1.06. The molecule has 4 unspecified atom stereocenters. The van der Waals surface area contributed by atoms with Gasteiger partial charge in [0.25, 0.3) is 0 Å². The summed E-state index contributed by atoms with van der Waals surface area (Å²) in [5.74, 6) is -0.448. The Morgan fingerprint density at radius 3 is 1.36 bits per heavy atom. The standard InChI is InChI=1S/C49H97N2O7P/c1-3-5-7-9-11-13-15-17-19-21-22-23-25-26-28-30-32-34-36-38-40-46(52)44-49(54)51-47(45-58-59(55,56)57-43-42-50)48(53)41-39-37-35-33-31-29-27-24-20-18-16-14-12-10-8-6-4-2/h25-26,39,41,46-48,52-53H,3-24,27-38,40,42-45,50H2,1-2H3,(H,51,54)(H,55,56)/b26-25-,41-39+. The molecule has 10 heteroatoms. The van der Waals surface area contributed by atoms with Crippen molar-refractivity contribution in [2.75, 3.05) is 19.8 Å². The van der Waals surface area contributed by atoms with Gasteiger partial charge in [0.2, 0.25) is 5.91 Å². The van der Waals surface area contributed by atoms with Gasteiger partial charge in [0, 0.05) is 6.54 Å². The predicted octanol–water partition coefficient (Wildman–Crippen LogP) is 13.5. The van der Waals surface area contributed by atoms with Gasteiger partial charge in [-0.1, -0.05) is 218 Å². The summed E-state index contributed by atoms with van der Waals surface area (Å²) in [5.41, 5.74) is 5.38. The first-order chi connectivity index (χ1) is 28.8. The highest BCUT2D eigenvalue weighted by molar-refractivity contribution is 7.47. The fraction of sp³-hybridized carbons (Fsp3) is 0.898. The van der Waals surface area contributed by atoms with Gasteiger partial charge in [0.1, 0.15) is 0 Å². The third kappa shape index (κ3) is 43.4. The molecule has 1 amide bonds. The predicted molar refractivity (Wildman–Crippen MR) is 251 cm³/mol. The third-order valence-corrected chi connectivity index (χ3v) is 12.3. The maximum atomic E-state index is 12.9. The molecule has 0 spiro atoms. The fourth-order valence-electron chi connectivity index (χ4n) is 7.53.